The van der Waals surface area contributed by atoms with Crippen molar-refractivity contribution in [3.63, 3.8) is 0 Å². The number of halogens is 1. The van der Waals surface area contributed by atoms with Crippen LogP contribution in [0.1, 0.15) is 34.3 Å². The van der Waals surface area contributed by atoms with Crippen molar-refractivity contribution in [2.45, 2.75) is 18.9 Å². The third kappa shape index (κ3) is 6.78. The number of carbonyl (C=O) groups excluding carboxylic acids is 1. The van der Waals surface area contributed by atoms with E-state index in [2.05, 4.69) is 31.7 Å². The van der Waals surface area contributed by atoms with Gasteiger partial charge in [0, 0.05) is 61.9 Å². The highest BCUT2D eigenvalue weighted by molar-refractivity contribution is 5.93. The van der Waals surface area contributed by atoms with Gasteiger partial charge in [0.05, 0.1) is 18.2 Å². The van der Waals surface area contributed by atoms with Crippen molar-refractivity contribution in [1.82, 2.24) is 25.7 Å². The van der Waals surface area contributed by atoms with Gasteiger partial charge in [-0.05, 0) is 48.2 Å². The molecule has 1 amide bonds. The first-order chi connectivity index (χ1) is 22.4. The van der Waals surface area contributed by atoms with Gasteiger partial charge < -0.3 is 25.4 Å². The molecule has 14 heteroatoms. The lowest BCUT2D eigenvalue weighted by Gasteiger charge is -2.34. The first kappa shape index (κ1) is 31.6. The molecule has 1 fully saturated rings. The third-order valence-corrected chi connectivity index (χ3v) is 7.69. The monoisotopic (exact) mass is 623 g/mol. The molecule has 0 saturated carbocycles. The van der Waals surface area contributed by atoms with E-state index in [0.29, 0.717) is 60.2 Å². The highest BCUT2D eigenvalue weighted by atomic mass is 19.1. The Bertz CT molecular complexity index is 1810. The maximum atomic E-state index is 14.8. The Balaban J connectivity index is 1.31. The number of hydroxylamine groups is 1. The molecular formula is C32H30FN9O4. The Hall–Kier alpha value is -5.83. The minimum absolute atomic E-state index is 0.0955. The number of amides is 1. The second kappa shape index (κ2) is 14.3. The van der Waals surface area contributed by atoms with Gasteiger partial charge in [-0.3, -0.25) is 10.0 Å². The number of ether oxygens (including phenoxy) is 1. The molecule has 0 radical (unpaired) electrons. The lowest BCUT2D eigenvalue weighted by Crippen LogP contribution is -2.44. The molecule has 1 aliphatic heterocycles. The third-order valence-electron chi connectivity index (χ3n) is 7.69. The fourth-order valence-electron chi connectivity index (χ4n) is 5.33. The van der Waals surface area contributed by atoms with E-state index in [9.17, 15) is 24.8 Å². The van der Waals surface area contributed by atoms with E-state index in [-0.39, 0.29) is 34.2 Å². The van der Waals surface area contributed by atoms with E-state index >= 15 is 0 Å². The van der Waals surface area contributed by atoms with Crippen LogP contribution in [0.25, 0.3) is 22.3 Å². The standard InChI is InChI=1S/C32H30FN9O4/c1-46-28-5-4-19(13-27(28)43)25-18-38-30(24(15-35)29(25)20-2-3-21(14-34)26(33)12-20)42-10-6-23(7-11-42)36-8-9-37-32-39-16-22(17-40-32)31(44)41-45/h2-5,12-13,16-18,23,36,43,45H,6-11H2,1H3,(H,41,44)(H,37,39,40). The van der Waals surface area contributed by atoms with Crippen LogP contribution >= 0.6 is 0 Å². The van der Waals surface area contributed by atoms with Gasteiger partial charge in [0.15, 0.2) is 11.5 Å². The number of aromatic hydroxyl groups is 1. The van der Waals surface area contributed by atoms with Crippen LogP contribution in [-0.4, -0.2) is 70.5 Å². The summed E-state index contributed by atoms with van der Waals surface area (Å²) < 4.78 is 20.0. The van der Waals surface area contributed by atoms with Gasteiger partial charge in [-0.2, -0.15) is 10.5 Å². The minimum atomic E-state index is -0.704. The number of carbonyl (C=O) groups is 1. The van der Waals surface area contributed by atoms with Crippen LogP contribution in [0, 0.1) is 28.5 Å². The first-order valence-corrected chi connectivity index (χ1v) is 14.4. The van der Waals surface area contributed by atoms with E-state index in [1.807, 2.05) is 11.0 Å². The summed E-state index contributed by atoms with van der Waals surface area (Å²) in [7, 11) is 1.44. The average Bonchev–Trinajstić information content (AvgIpc) is 3.09. The van der Waals surface area contributed by atoms with E-state index < -0.39 is 11.7 Å². The van der Waals surface area contributed by atoms with Crippen molar-refractivity contribution in [3.05, 3.63) is 77.5 Å². The number of hydrogen-bond donors (Lipinski definition) is 5. The van der Waals surface area contributed by atoms with Crippen LogP contribution in [-0.2, 0) is 0 Å². The SMILES string of the molecule is COc1ccc(-c2cnc(N3CCC(NCCNc4ncc(C(=O)NO)cn4)CC3)c(C#N)c2-c2ccc(C#N)c(F)c2)cc1O. The predicted octanol–water partition coefficient (Wildman–Crippen LogP) is 3.59. The average molecular weight is 624 g/mol. The fraction of sp³-hybridized carbons (Fsp3) is 0.250. The van der Waals surface area contributed by atoms with Gasteiger partial charge in [0.1, 0.15) is 29.3 Å². The van der Waals surface area contributed by atoms with E-state index in [1.165, 1.54) is 43.2 Å². The molecule has 0 atom stereocenters. The van der Waals surface area contributed by atoms with Crippen LogP contribution in [0.2, 0.25) is 0 Å². The first-order valence-electron chi connectivity index (χ1n) is 14.4. The molecule has 2 aromatic carbocycles. The van der Waals surface area contributed by atoms with Crippen LogP contribution in [0.3, 0.4) is 0 Å². The topological polar surface area (TPSA) is 192 Å². The van der Waals surface area contributed by atoms with Gasteiger partial charge in [-0.15, -0.1) is 0 Å². The maximum absolute atomic E-state index is 14.8. The number of methoxy groups -OCH3 is 1. The molecule has 13 nitrogen and oxygen atoms in total. The van der Waals surface area contributed by atoms with Crippen molar-refractivity contribution in [3.8, 4) is 45.9 Å². The number of rotatable bonds is 10. The Kier molecular flexibility index (Phi) is 9.82. The van der Waals surface area contributed by atoms with E-state index in [0.717, 1.165) is 12.8 Å². The molecule has 5 rings (SSSR count). The minimum Gasteiger partial charge on any atom is -0.504 e. The molecule has 46 heavy (non-hydrogen) atoms. The number of phenolic OH excluding ortho intramolecular Hbond substituents is 1. The summed E-state index contributed by atoms with van der Waals surface area (Å²) in [6.07, 6.45) is 5.80. The highest BCUT2D eigenvalue weighted by Crippen LogP contribution is 2.41. The van der Waals surface area contributed by atoms with Gasteiger partial charge in [0.25, 0.3) is 5.91 Å². The van der Waals surface area contributed by atoms with Crippen LogP contribution < -0.4 is 25.8 Å². The number of nitrogens with one attached hydrogen (secondary N) is 3. The number of hydrogen-bond acceptors (Lipinski definition) is 12. The van der Waals surface area contributed by atoms with Gasteiger partial charge in [0.2, 0.25) is 5.95 Å². The predicted molar refractivity (Wildman–Crippen MR) is 166 cm³/mol. The van der Waals surface area contributed by atoms with Gasteiger partial charge >= 0.3 is 0 Å². The van der Waals surface area contributed by atoms with Gasteiger partial charge in [-0.1, -0.05) is 12.1 Å². The quantitative estimate of drug-likeness (QED) is 0.0981. The number of phenols is 1. The second-order valence-corrected chi connectivity index (χ2v) is 10.4. The fourth-order valence-corrected chi connectivity index (χ4v) is 5.33. The molecule has 0 bridgehead atoms. The number of pyridine rings is 1. The molecular weight excluding hydrogens is 593 g/mol. The summed E-state index contributed by atoms with van der Waals surface area (Å²) in [6, 6.07) is 13.4. The summed E-state index contributed by atoms with van der Waals surface area (Å²) in [4.78, 5) is 26.2. The smallest absolute Gasteiger partial charge is 0.277 e. The number of aromatic nitrogens is 3. The lowest BCUT2D eigenvalue weighted by atomic mass is 9.91. The van der Waals surface area contributed by atoms with Crippen molar-refractivity contribution in [1.29, 1.82) is 10.5 Å². The molecule has 1 aliphatic rings. The Morgan fingerprint density at radius 2 is 1.78 bits per heavy atom. The largest absolute Gasteiger partial charge is 0.504 e. The summed E-state index contributed by atoms with van der Waals surface area (Å²) in [5.74, 6) is -0.383. The zero-order valence-electron chi connectivity index (χ0n) is 24.8. The van der Waals surface area contributed by atoms with Crippen molar-refractivity contribution >= 4 is 17.7 Å². The molecule has 2 aromatic heterocycles. The van der Waals surface area contributed by atoms with Crippen LogP contribution in [0.4, 0.5) is 16.2 Å². The second-order valence-electron chi connectivity index (χ2n) is 10.4. The number of benzene rings is 2. The molecule has 0 aliphatic carbocycles. The molecule has 0 unspecified atom stereocenters. The number of nitriles is 2. The normalized spacial score (nSPS) is 13.0. The van der Waals surface area contributed by atoms with Crippen molar-refractivity contribution in [2.75, 3.05) is 43.5 Å². The number of piperidine rings is 1. The highest BCUT2D eigenvalue weighted by Gasteiger charge is 2.26. The molecule has 234 valence electrons. The van der Waals surface area contributed by atoms with Crippen molar-refractivity contribution in [2.24, 2.45) is 0 Å². The Morgan fingerprint density at radius 1 is 1.04 bits per heavy atom. The molecule has 3 heterocycles. The summed E-state index contributed by atoms with van der Waals surface area (Å²) in [5, 5.41) is 45.4. The van der Waals surface area contributed by atoms with Crippen LogP contribution in [0.5, 0.6) is 11.5 Å². The molecule has 1 saturated heterocycles. The summed E-state index contributed by atoms with van der Waals surface area (Å²) in [5.41, 5.74) is 3.74. The number of anilines is 2. The van der Waals surface area contributed by atoms with E-state index in [4.69, 9.17) is 9.94 Å². The van der Waals surface area contributed by atoms with Crippen LogP contribution in [0.15, 0.2) is 55.0 Å². The Morgan fingerprint density at radius 3 is 2.41 bits per heavy atom. The lowest BCUT2D eigenvalue weighted by molar-refractivity contribution is 0.0705. The summed E-state index contributed by atoms with van der Waals surface area (Å²) >= 11 is 0. The molecule has 4 aromatic rings. The van der Waals surface area contributed by atoms with Crippen molar-refractivity contribution < 1.29 is 24.2 Å². The zero-order chi connectivity index (χ0) is 32.6. The number of nitrogens with zero attached hydrogens (tertiary/aromatic N) is 6. The Labute approximate surface area is 263 Å². The molecule has 5 N–H and O–H groups in total. The maximum Gasteiger partial charge on any atom is 0.277 e. The summed E-state index contributed by atoms with van der Waals surface area (Å²) in [6.45, 7) is 2.41. The van der Waals surface area contributed by atoms with Gasteiger partial charge in [-0.25, -0.2) is 24.8 Å². The molecule has 0 spiro atoms. The zero-order valence-corrected chi connectivity index (χ0v) is 24.8. The van der Waals surface area contributed by atoms with E-state index in [1.54, 1.807) is 24.4 Å².